The number of aromatic nitrogens is 1. The summed E-state index contributed by atoms with van der Waals surface area (Å²) in [5.74, 6) is -0.347. The van der Waals surface area contributed by atoms with Gasteiger partial charge in [-0.15, -0.1) is 0 Å². The number of hydrogen-bond acceptors (Lipinski definition) is 4. The topological polar surface area (TPSA) is 36.4 Å². The Hall–Kier alpha value is -2.54. The lowest BCUT2D eigenvalue weighted by Gasteiger charge is -2.27. The lowest BCUT2D eigenvalue weighted by molar-refractivity contribution is -0.119. The number of nitrogens with zero attached hydrogens (tertiary/aromatic N) is 3. The minimum absolute atomic E-state index is 0.0392. The molecule has 0 aliphatic carbocycles. The molecule has 1 heterocycles. The molecule has 0 unspecified atom stereocenters. The third-order valence-corrected chi connectivity index (χ3v) is 6.65. The van der Waals surface area contributed by atoms with Crippen molar-refractivity contribution in [3.8, 4) is 0 Å². The first-order valence-corrected chi connectivity index (χ1v) is 11.8. The Morgan fingerprint density at radius 1 is 0.935 bits per heavy atom. The second-order valence-electron chi connectivity index (χ2n) is 7.66. The molecule has 0 atom stereocenters. The van der Waals surface area contributed by atoms with Gasteiger partial charge in [-0.25, -0.2) is 4.98 Å². The van der Waals surface area contributed by atoms with Crippen molar-refractivity contribution < 1.29 is 4.79 Å². The molecular weight excluding hydrogens is 470 g/mol. The molecular formula is C25H24BrN3OS. The minimum atomic E-state index is -0.386. The van der Waals surface area contributed by atoms with Crippen LogP contribution in [0.3, 0.4) is 0 Å². The maximum Gasteiger partial charge on any atom is 0.240 e. The van der Waals surface area contributed by atoms with Crippen LogP contribution in [0.4, 0.5) is 5.13 Å². The summed E-state index contributed by atoms with van der Waals surface area (Å²) in [5, 5.41) is 0.733. The quantitative estimate of drug-likeness (QED) is 0.327. The number of anilines is 1. The van der Waals surface area contributed by atoms with Crippen LogP contribution in [0.15, 0.2) is 83.3 Å². The molecule has 6 heteroatoms. The standard InChI is InChI=1S/C25H24BrN3OS/c1-28(2)15-16-29(25-27-21-14-13-20(26)17-22(21)31-25)24(30)23(18-9-5-3-6-10-18)19-11-7-4-8-12-19/h3-14,17,23H,15-16H2,1-2H3. The fraction of sp³-hybridized carbons (Fsp3) is 0.200. The van der Waals surface area contributed by atoms with Crippen LogP contribution in [0, 0.1) is 0 Å². The zero-order valence-corrected chi connectivity index (χ0v) is 19.9. The van der Waals surface area contributed by atoms with E-state index in [4.69, 9.17) is 4.98 Å². The maximum atomic E-state index is 14.1. The fourth-order valence-electron chi connectivity index (χ4n) is 3.53. The summed E-state index contributed by atoms with van der Waals surface area (Å²) in [6.45, 7) is 1.32. The number of benzene rings is 3. The zero-order valence-electron chi connectivity index (χ0n) is 17.5. The highest BCUT2D eigenvalue weighted by molar-refractivity contribution is 9.10. The summed E-state index contributed by atoms with van der Waals surface area (Å²) < 4.78 is 2.07. The van der Waals surface area contributed by atoms with Gasteiger partial charge >= 0.3 is 0 Å². The van der Waals surface area contributed by atoms with E-state index in [-0.39, 0.29) is 11.8 Å². The second kappa shape index (κ2) is 9.73. The van der Waals surface area contributed by atoms with E-state index >= 15 is 0 Å². The molecule has 0 saturated carbocycles. The van der Waals surface area contributed by atoms with Gasteiger partial charge < -0.3 is 4.90 Å². The van der Waals surface area contributed by atoms with Crippen molar-refractivity contribution >= 4 is 48.5 Å². The molecule has 0 N–H and O–H groups in total. The van der Waals surface area contributed by atoms with Gasteiger partial charge in [0, 0.05) is 17.6 Å². The normalized spacial score (nSPS) is 11.4. The molecule has 0 saturated heterocycles. The van der Waals surface area contributed by atoms with Gasteiger partial charge in [-0.3, -0.25) is 9.69 Å². The van der Waals surface area contributed by atoms with E-state index in [1.165, 1.54) is 0 Å². The second-order valence-corrected chi connectivity index (χ2v) is 9.58. The van der Waals surface area contributed by atoms with Gasteiger partial charge in [-0.1, -0.05) is 87.9 Å². The summed E-state index contributed by atoms with van der Waals surface area (Å²) >= 11 is 5.09. The maximum absolute atomic E-state index is 14.1. The molecule has 1 amide bonds. The summed E-state index contributed by atoms with van der Waals surface area (Å²) in [7, 11) is 4.04. The SMILES string of the molecule is CN(C)CCN(C(=O)C(c1ccccc1)c1ccccc1)c1nc2ccc(Br)cc2s1. The highest BCUT2D eigenvalue weighted by Crippen LogP contribution is 2.34. The van der Waals surface area contributed by atoms with Crippen molar-refractivity contribution in [3.63, 3.8) is 0 Å². The molecule has 3 aromatic carbocycles. The van der Waals surface area contributed by atoms with Crippen molar-refractivity contribution in [2.75, 3.05) is 32.1 Å². The van der Waals surface area contributed by atoms with E-state index in [0.29, 0.717) is 6.54 Å². The Morgan fingerprint density at radius 3 is 2.13 bits per heavy atom. The zero-order chi connectivity index (χ0) is 21.8. The predicted octanol–water partition coefficient (Wildman–Crippen LogP) is 5.79. The summed E-state index contributed by atoms with van der Waals surface area (Å²) in [4.78, 5) is 22.8. The molecule has 0 radical (unpaired) electrons. The molecule has 158 valence electrons. The van der Waals surface area contributed by atoms with Crippen LogP contribution >= 0.6 is 27.3 Å². The molecule has 4 rings (SSSR count). The number of carbonyl (C=O) groups excluding carboxylic acids is 1. The van der Waals surface area contributed by atoms with Crippen LogP contribution in [0.5, 0.6) is 0 Å². The van der Waals surface area contributed by atoms with E-state index in [1.807, 2.05) is 91.8 Å². The van der Waals surface area contributed by atoms with E-state index < -0.39 is 0 Å². The first-order valence-electron chi connectivity index (χ1n) is 10.1. The first kappa shape index (κ1) is 21.7. The summed E-state index contributed by atoms with van der Waals surface area (Å²) in [6, 6.07) is 26.0. The van der Waals surface area contributed by atoms with Crippen molar-refractivity contribution in [1.82, 2.24) is 9.88 Å². The van der Waals surface area contributed by atoms with Gasteiger partial charge in [-0.05, 0) is 43.4 Å². The van der Waals surface area contributed by atoms with Crippen LogP contribution in [-0.4, -0.2) is 43.0 Å². The van der Waals surface area contributed by atoms with E-state index in [2.05, 4.69) is 26.9 Å². The number of carbonyl (C=O) groups is 1. The monoisotopic (exact) mass is 493 g/mol. The average Bonchev–Trinajstić information content (AvgIpc) is 3.18. The Morgan fingerprint density at radius 2 is 1.55 bits per heavy atom. The number of thiazole rings is 1. The fourth-order valence-corrected chi connectivity index (χ4v) is 5.08. The molecule has 0 bridgehead atoms. The minimum Gasteiger partial charge on any atom is -0.308 e. The van der Waals surface area contributed by atoms with Crippen LogP contribution in [-0.2, 0) is 4.79 Å². The van der Waals surface area contributed by atoms with E-state index in [0.717, 1.165) is 37.5 Å². The Kier molecular flexibility index (Phi) is 6.80. The predicted molar refractivity (Wildman–Crippen MR) is 133 cm³/mol. The van der Waals surface area contributed by atoms with Gasteiger partial charge in [0.05, 0.1) is 16.1 Å². The number of fused-ring (bicyclic) bond motifs is 1. The number of rotatable bonds is 7. The van der Waals surface area contributed by atoms with Crippen LogP contribution < -0.4 is 4.90 Å². The number of likely N-dealkylation sites (N-methyl/N-ethyl adjacent to an activating group) is 1. The third-order valence-electron chi connectivity index (χ3n) is 5.12. The molecule has 4 aromatic rings. The molecule has 0 fully saturated rings. The van der Waals surface area contributed by atoms with Crippen molar-refractivity contribution in [2.24, 2.45) is 0 Å². The lowest BCUT2D eigenvalue weighted by Crippen LogP contribution is -2.40. The van der Waals surface area contributed by atoms with Crippen LogP contribution in [0.25, 0.3) is 10.2 Å². The number of amides is 1. The van der Waals surface area contributed by atoms with E-state index in [9.17, 15) is 4.79 Å². The van der Waals surface area contributed by atoms with Crippen LogP contribution in [0.1, 0.15) is 17.0 Å². The van der Waals surface area contributed by atoms with Crippen LogP contribution in [0.2, 0.25) is 0 Å². The molecule has 4 nitrogen and oxygen atoms in total. The smallest absolute Gasteiger partial charge is 0.240 e. The number of halogens is 1. The van der Waals surface area contributed by atoms with Crippen molar-refractivity contribution in [2.45, 2.75) is 5.92 Å². The van der Waals surface area contributed by atoms with Gasteiger partial charge in [0.1, 0.15) is 0 Å². The summed E-state index contributed by atoms with van der Waals surface area (Å²) in [6.07, 6.45) is 0. The molecule has 0 aliphatic heterocycles. The van der Waals surface area contributed by atoms with Gasteiger partial charge in [0.2, 0.25) is 5.91 Å². The first-order chi connectivity index (χ1) is 15.0. The van der Waals surface area contributed by atoms with Gasteiger partial charge in [-0.2, -0.15) is 0 Å². The lowest BCUT2D eigenvalue weighted by atomic mass is 9.90. The average molecular weight is 494 g/mol. The van der Waals surface area contributed by atoms with Gasteiger partial charge in [0.15, 0.2) is 5.13 Å². The summed E-state index contributed by atoms with van der Waals surface area (Å²) in [5.41, 5.74) is 2.87. The van der Waals surface area contributed by atoms with Crippen molar-refractivity contribution in [3.05, 3.63) is 94.5 Å². The molecule has 0 spiro atoms. The number of hydrogen-bond donors (Lipinski definition) is 0. The van der Waals surface area contributed by atoms with Gasteiger partial charge in [0.25, 0.3) is 0 Å². The molecule has 1 aromatic heterocycles. The molecule has 31 heavy (non-hydrogen) atoms. The van der Waals surface area contributed by atoms with E-state index in [1.54, 1.807) is 11.3 Å². The Balaban J connectivity index is 1.78. The Labute approximate surface area is 195 Å². The largest absolute Gasteiger partial charge is 0.308 e. The highest BCUT2D eigenvalue weighted by Gasteiger charge is 2.30. The Bertz CT molecular complexity index is 1120. The van der Waals surface area contributed by atoms with Crippen molar-refractivity contribution in [1.29, 1.82) is 0 Å². The third kappa shape index (κ3) is 5.03. The molecule has 0 aliphatic rings. The highest BCUT2D eigenvalue weighted by atomic mass is 79.9.